The van der Waals surface area contributed by atoms with Gasteiger partial charge in [-0.2, -0.15) is 0 Å². The number of aliphatic hydroxyl groups is 2. The van der Waals surface area contributed by atoms with Crippen molar-refractivity contribution in [3.63, 3.8) is 0 Å². The molecule has 0 aromatic carbocycles. The molecule has 0 aliphatic rings. The number of quaternary nitrogens is 1. The van der Waals surface area contributed by atoms with Crippen molar-refractivity contribution in [2.45, 2.75) is 38.9 Å². The van der Waals surface area contributed by atoms with Crippen molar-refractivity contribution >= 4 is 0 Å². The molecule has 0 fully saturated rings. The minimum absolute atomic E-state index is 0.219. The predicted octanol–water partition coefficient (Wildman–Crippen LogP) is 0.605. The van der Waals surface area contributed by atoms with Crippen LogP contribution in [0.3, 0.4) is 0 Å². The van der Waals surface area contributed by atoms with Crippen LogP contribution in [0, 0.1) is 0 Å². The molecule has 0 aliphatic carbocycles. The summed E-state index contributed by atoms with van der Waals surface area (Å²) in [5.74, 6) is 0. The third-order valence-corrected chi connectivity index (χ3v) is 2.30. The fourth-order valence-corrected chi connectivity index (χ4v) is 1.18. The first-order chi connectivity index (χ1) is 5.83. The molecule has 13 heavy (non-hydrogen) atoms. The van der Waals surface area contributed by atoms with E-state index in [2.05, 4.69) is 14.1 Å². The summed E-state index contributed by atoms with van der Waals surface area (Å²) >= 11 is 0. The first-order valence-corrected chi connectivity index (χ1v) is 5.01. The highest BCUT2D eigenvalue weighted by Gasteiger charge is 2.16. The van der Waals surface area contributed by atoms with Crippen LogP contribution in [0.5, 0.6) is 0 Å². The summed E-state index contributed by atoms with van der Waals surface area (Å²) in [5.41, 5.74) is 0. The summed E-state index contributed by atoms with van der Waals surface area (Å²) in [6, 6.07) is 0. The van der Waals surface area contributed by atoms with Crippen molar-refractivity contribution in [3.8, 4) is 0 Å². The highest BCUT2D eigenvalue weighted by atomic mass is 16.3. The van der Waals surface area contributed by atoms with Crippen LogP contribution in [-0.2, 0) is 0 Å². The Balaban J connectivity index is 3.66. The van der Waals surface area contributed by atoms with Gasteiger partial charge in [0.15, 0.2) is 0 Å². The minimum Gasteiger partial charge on any atom is -0.393 e. The van der Waals surface area contributed by atoms with E-state index in [1.165, 1.54) is 0 Å². The van der Waals surface area contributed by atoms with Crippen LogP contribution in [0.15, 0.2) is 0 Å². The second-order valence-corrected chi connectivity index (χ2v) is 4.66. The molecule has 2 unspecified atom stereocenters. The molecule has 0 aromatic rings. The van der Waals surface area contributed by atoms with Gasteiger partial charge in [0.2, 0.25) is 0 Å². The lowest BCUT2D eigenvalue weighted by molar-refractivity contribution is -0.891. The lowest BCUT2D eigenvalue weighted by Crippen LogP contribution is -2.43. The van der Waals surface area contributed by atoms with Gasteiger partial charge in [-0.15, -0.1) is 0 Å². The summed E-state index contributed by atoms with van der Waals surface area (Å²) in [4.78, 5) is 0. The van der Waals surface area contributed by atoms with Crippen LogP contribution in [0.4, 0.5) is 0 Å². The molecular weight excluding hydrogens is 166 g/mol. The van der Waals surface area contributed by atoms with Gasteiger partial charge in [0.1, 0.15) is 0 Å². The standard InChI is InChI=1S/C10H24NO2/c1-9(12)5-7-11(3,4)8-6-10(2)13/h9-10,12-13H,5-8H2,1-4H3/q+1. The van der Waals surface area contributed by atoms with Crippen LogP contribution >= 0.6 is 0 Å². The maximum Gasteiger partial charge on any atom is 0.0807 e. The Morgan fingerprint density at radius 1 is 0.923 bits per heavy atom. The molecule has 0 spiro atoms. The largest absolute Gasteiger partial charge is 0.393 e. The van der Waals surface area contributed by atoms with E-state index in [1.807, 2.05) is 13.8 Å². The fraction of sp³-hybridized carbons (Fsp3) is 1.00. The van der Waals surface area contributed by atoms with Gasteiger partial charge in [-0.3, -0.25) is 0 Å². The van der Waals surface area contributed by atoms with E-state index in [9.17, 15) is 0 Å². The summed E-state index contributed by atoms with van der Waals surface area (Å²) in [6.45, 7) is 5.55. The molecule has 0 radical (unpaired) electrons. The van der Waals surface area contributed by atoms with E-state index in [4.69, 9.17) is 10.2 Å². The zero-order valence-corrected chi connectivity index (χ0v) is 9.32. The second-order valence-electron chi connectivity index (χ2n) is 4.66. The van der Waals surface area contributed by atoms with Crippen LogP contribution in [0.25, 0.3) is 0 Å². The average Bonchev–Trinajstić information content (AvgIpc) is 1.98. The zero-order valence-electron chi connectivity index (χ0n) is 9.32. The van der Waals surface area contributed by atoms with Crippen molar-refractivity contribution in [2.75, 3.05) is 27.2 Å². The molecule has 0 amide bonds. The Labute approximate surface area is 81.6 Å². The van der Waals surface area contributed by atoms with Crippen molar-refractivity contribution < 1.29 is 14.7 Å². The normalized spacial score (nSPS) is 17.1. The van der Waals surface area contributed by atoms with E-state index < -0.39 is 0 Å². The molecule has 0 heterocycles. The SMILES string of the molecule is CC(O)CC[N+](C)(C)CCC(C)O. The molecule has 3 heteroatoms. The molecule has 0 aliphatic heterocycles. The molecule has 0 rings (SSSR count). The molecule has 80 valence electrons. The maximum atomic E-state index is 9.13. The van der Waals surface area contributed by atoms with E-state index in [-0.39, 0.29) is 12.2 Å². The van der Waals surface area contributed by atoms with Gasteiger partial charge in [0.05, 0.1) is 39.4 Å². The first-order valence-electron chi connectivity index (χ1n) is 5.01. The zero-order chi connectivity index (χ0) is 10.5. The molecule has 3 nitrogen and oxygen atoms in total. The molecule has 0 saturated carbocycles. The monoisotopic (exact) mass is 190 g/mol. The number of aliphatic hydroxyl groups excluding tert-OH is 2. The number of hydrogen-bond donors (Lipinski definition) is 2. The summed E-state index contributed by atoms with van der Waals surface area (Å²) in [5, 5.41) is 18.3. The third-order valence-electron chi connectivity index (χ3n) is 2.30. The molecule has 0 saturated heterocycles. The molecular formula is C10H24NO2+. The van der Waals surface area contributed by atoms with Gasteiger partial charge in [0, 0.05) is 12.8 Å². The summed E-state index contributed by atoms with van der Waals surface area (Å²) < 4.78 is 0.871. The van der Waals surface area contributed by atoms with Crippen LogP contribution in [-0.4, -0.2) is 54.1 Å². The highest BCUT2D eigenvalue weighted by molar-refractivity contribution is 4.48. The predicted molar refractivity (Wildman–Crippen MR) is 54.4 cm³/mol. The number of rotatable bonds is 6. The Bertz CT molecular complexity index is 119. The highest BCUT2D eigenvalue weighted by Crippen LogP contribution is 2.05. The van der Waals surface area contributed by atoms with Crippen molar-refractivity contribution in [1.29, 1.82) is 0 Å². The minimum atomic E-state index is -0.219. The maximum absolute atomic E-state index is 9.13. The molecule has 0 aromatic heterocycles. The lowest BCUT2D eigenvalue weighted by atomic mass is 10.2. The van der Waals surface area contributed by atoms with E-state index >= 15 is 0 Å². The molecule has 2 N–H and O–H groups in total. The van der Waals surface area contributed by atoms with Crippen LogP contribution < -0.4 is 0 Å². The van der Waals surface area contributed by atoms with Gasteiger partial charge in [-0.25, -0.2) is 0 Å². The van der Waals surface area contributed by atoms with Crippen molar-refractivity contribution in [3.05, 3.63) is 0 Å². The van der Waals surface area contributed by atoms with Gasteiger partial charge in [-0.05, 0) is 13.8 Å². The number of nitrogens with zero attached hydrogens (tertiary/aromatic N) is 1. The van der Waals surface area contributed by atoms with E-state index in [1.54, 1.807) is 0 Å². The smallest absolute Gasteiger partial charge is 0.0807 e. The van der Waals surface area contributed by atoms with Crippen LogP contribution in [0.1, 0.15) is 26.7 Å². The number of hydrogen-bond acceptors (Lipinski definition) is 2. The van der Waals surface area contributed by atoms with Gasteiger partial charge >= 0.3 is 0 Å². The Kier molecular flexibility index (Phi) is 5.53. The van der Waals surface area contributed by atoms with Crippen molar-refractivity contribution in [2.24, 2.45) is 0 Å². The van der Waals surface area contributed by atoms with Crippen molar-refractivity contribution in [1.82, 2.24) is 0 Å². The summed E-state index contributed by atoms with van der Waals surface area (Å²) in [7, 11) is 4.26. The average molecular weight is 190 g/mol. The van der Waals surface area contributed by atoms with E-state index in [0.29, 0.717) is 0 Å². The Morgan fingerprint density at radius 3 is 1.46 bits per heavy atom. The van der Waals surface area contributed by atoms with Gasteiger partial charge < -0.3 is 14.7 Å². The molecule has 2 atom stereocenters. The fourth-order valence-electron chi connectivity index (χ4n) is 1.18. The first kappa shape index (κ1) is 12.9. The van der Waals surface area contributed by atoms with Crippen LogP contribution in [0.2, 0.25) is 0 Å². The van der Waals surface area contributed by atoms with Gasteiger partial charge in [0.25, 0.3) is 0 Å². The lowest BCUT2D eigenvalue weighted by Gasteiger charge is -2.30. The van der Waals surface area contributed by atoms with Gasteiger partial charge in [-0.1, -0.05) is 0 Å². The topological polar surface area (TPSA) is 40.5 Å². The summed E-state index contributed by atoms with van der Waals surface area (Å²) in [6.07, 6.45) is 1.22. The Hall–Kier alpha value is -0.120. The molecule has 0 bridgehead atoms. The Morgan fingerprint density at radius 2 is 1.23 bits per heavy atom. The van der Waals surface area contributed by atoms with E-state index in [0.717, 1.165) is 30.4 Å². The third kappa shape index (κ3) is 8.22. The quantitative estimate of drug-likeness (QED) is 0.602. The second kappa shape index (κ2) is 5.58.